The van der Waals surface area contributed by atoms with Crippen LogP contribution in [0, 0.1) is 11.8 Å². The van der Waals surface area contributed by atoms with E-state index in [2.05, 4.69) is 22.5 Å². The fourth-order valence-electron chi connectivity index (χ4n) is 5.73. The predicted molar refractivity (Wildman–Crippen MR) is 131 cm³/mol. The average molecular weight is 483 g/mol. The zero-order chi connectivity index (χ0) is 25.2. The molecule has 1 unspecified atom stereocenters. The molecule has 4 atom stereocenters. The summed E-state index contributed by atoms with van der Waals surface area (Å²) in [5.74, 6) is 0.320. The quantitative estimate of drug-likeness (QED) is 0.430. The summed E-state index contributed by atoms with van der Waals surface area (Å²) in [5, 5.41) is 12.4. The zero-order valence-corrected chi connectivity index (χ0v) is 20.7. The number of ether oxygens (including phenoxy) is 3. The molecule has 0 saturated carbocycles. The normalized spacial score (nSPS) is 23.7. The van der Waals surface area contributed by atoms with Gasteiger partial charge in [0, 0.05) is 29.7 Å². The topological polar surface area (TPSA) is 98.2 Å². The van der Waals surface area contributed by atoms with Crippen molar-refractivity contribution in [3.63, 3.8) is 0 Å². The minimum Gasteiger partial charge on any atom is -0.496 e. The van der Waals surface area contributed by atoms with Crippen LogP contribution in [0.25, 0.3) is 10.9 Å². The molecule has 0 amide bonds. The number of carbonyl (C=O) groups is 2. The van der Waals surface area contributed by atoms with Gasteiger partial charge in [0.2, 0.25) is 0 Å². The molecule has 5 rings (SSSR count). The van der Waals surface area contributed by atoms with Crippen molar-refractivity contribution in [1.82, 2.24) is 9.88 Å². The van der Waals surface area contributed by atoms with Crippen LogP contribution in [-0.2, 0) is 31.1 Å². The van der Waals surface area contributed by atoms with Gasteiger partial charge in [-0.05, 0) is 61.4 Å². The molecule has 1 aromatic carbocycles. The van der Waals surface area contributed by atoms with E-state index < -0.39 is 30.4 Å². The second-order valence-corrected chi connectivity index (χ2v) is 9.61. The summed E-state index contributed by atoms with van der Waals surface area (Å²) in [6.45, 7) is 6.19. The number of hydrogen-bond donors (Lipinski definition) is 1. The van der Waals surface area contributed by atoms with Crippen LogP contribution in [0.5, 0.6) is 5.75 Å². The summed E-state index contributed by atoms with van der Waals surface area (Å²) >= 11 is 0. The molecule has 3 aliphatic heterocycles. The van der Waals surface area contributed by atoms with Gasteiger partial charge < -0.3 is 19.3 Å². The number of aromatic nitrogens is 1. The summed E-state index contributed by atoms with van der Waals surface area (Å²) in [6.07, 6.45) is 6.26. The van der Waals surface area contributed by atoms with E-state index in [9.17, 15) is 14.7 Å². The Bertz CT molecular complexity index is 1100. The monoisotopic (exact) mass is 482 g/mol. The Labute approximate surface area is 205 Å². The maximum Gasteiger partial charge on any atom is 0.308 e. The lowest BCUT2D eigenvalue weighted by Crippen LogP contribution is -2.53. The van der Waals surface area contributed by atoms with Gasteiger partial charge >= 0.3 is 11.9 Å². The van der Waals surface area contributed by atoms with Gasteiger partial charge in [-0.15, -0.1) is 6.58 Å². The van der Waals surface area contributed by atoms with E-state index in [1.54, 1.807) is 12.3 Å². The minimum atomic E-state index is -1.87. The fraction of sp³-hybridized carbons (Fsp3) is 0.519. The average Bonchev–Trinajstić information content (AvgIpc) is 2.88. The number of aliphatic hydroxyl groups is 1. The van der Waals surface area contributed by atoms with Crippen LogP contribution in [0.2, 0.25) is 0 Å². The van der Waals surface area contributed by atoms with E-state index in [0.29, 0.717) is 34.7 Å². The highest BCUT2D eigenvalue weighted by molar-refractivity contribution is 5.86. The molecule has 8 nitrogen and oxygen atoms in total. The van der Waals surface area contributed by atoms with E-state index in [1.165, 1.54) is 27.8 Å². The summed E-state index contributed by atoms with van der Waals surface area (Å²) < 4.78 is 15.2. The van der Waals surface area contributed by atoms with Crippen molar-refractivity contribution >= 4 is 22.8 Å². The third kappa shape index (κ3) is 5.04. The van der Waals surface area contributed by atoms with Crippen molar-refractivity contribution in [3.05, 3.63) is 48.2 Å². The van der Waals surface area contributed by atoms with Gasteiger partial charge in [-0.1, -0.05) is 6.08 Å². The number of rotatable bonds is 9. The molecule has 2 aromatic rings. The SMILES string of the molecule is C=C[C@H]1CN2CC[C@H]1C[C@H]2Cc1ccnc2cc(C(O)(CC(=O)OC)CC(=O)OC)c(OC)cc12. The molecule has 188 valence electrons. The van der Waals surface area contributed by atoms with Crippen LogP contribution >= 0.6 is 0 Å². The van der Waals surface area contributed by atoms with Crippen LogP contribution in [0.1, 0.15) is 36.8 Å². The Morgan fingerprint density at radius 2 is 1.94 bits per heavy atom. The van der Waals surface area contributed by atoms with Gasteiger partial charge in [0.05, 0.1) is 39.7 Å². The van der Waals surface area contributed by atoms with Crippen LogP contribution in [0.15, 0.2) is 37.1 Å². The molecule has 3 saturated heterocycles. The molecule has 0 radical (unpaired) electrons. The summed E-state index contributed by atoms with van der Waals surface area (Å²) in [4.78, 5) is 31.3. The highest BCUT2D eigenvalue weighted by Gasteiger charge is 2.40. The van der Waals surface area contributed by atoms with E-state index in [1.807, 2.05) is 12.1 Å². The number of piperidine rings is 3. The van der Waals surface area contributed by atoms with E-state index in [4.69, 9.17) is 14.2 Å². The molecule has 8 heteroatoms. The highest BCUT2D eigenvalue weighted by Crippen LogP contribution is 2.41. The summed E-state index contributed by atoms with van der Waals surface area (Å²) in [7, 11) is 3.97. The first-order valence-electron chi connectivity index (χ1n) is 12.0. The first-order chi connectivity index (χ1) is 16.8. The molecule has 1 aromatic heterocycles. The minimum absolute atomic E-state index is 0.294. The predicted octanol–water partition coefficient (Wildman–Crippen LogP) is 3.00. The number of esters is 2. The highest BCUT2D eigenvalue weighted by atomic mass is 16.5. The van der Waals surface area contributed by atoms with Crippen LogP contribution in [-0.4, -0.2) is 67.4 Å². The fourth-order valence-corrected chi connectivity index (χ4v) is 5.73. The zero-order valence-electron chi connectivity index (χ0n) is 20.7. The number of methoxy groups -OCH3 is 3. The molecular formula is C27H34N2O6. The van der Waals surface area contributed by atoms with Crippen molar-refractivity contribution in [2.75, 3.05) is 34.4 Å². The Hall–Kier alpha value is -2.97. The largest absolute Gasteiger partial charge is 0.496 e. The van der Waals surface area contributed by atoms with Crippen LogP contribution < -0.4 is 4.74 Å². The van der Waals surface area contributed by atoms with Gasteiger partial charge in [-0.3, -0.25) is 19.5 Å². The number of hydrogen-bond acceptors (Lipinski definition) is 8. The Morgan fingerprint density at radius 3 is 2.51 bits per heavy atom. The second kappa shape index (κ2) is 10.3. The molecule has 2 bridgehead atoms. The number of nitrogens with zero attached hydrogens (tertiary/aromatic N) is 2. The van der Waals surface area contributed by atoms with E-state index in [-0.39, 0.29) is 0 Å². The molecule has 35 heavy (non-hydrogen) atoms. The third-order valence-electron chi connectivity index (χ3n) is 7.67. The first kappa shape index (κ1) is 25.1. The Kier molecular flexibility index (Phi) is 7.42. The van der Waals surface area contributed by atoms with Crippen molar-refractivity contribution in [3.8, 4) is 5.75 Å². The lowest BCUT2D eigenvalue weighted by molar-refractivity contribution is -0.153. The summed E-state index contributed by atoms with van der Waals surface area (Å²) in [5.41, 5.74) is 0.233. The number of fused-ring (bicyclic) bond motifs is 4. The molecule has 0 spiro atoms. The van der Waals surface area contributed by atoms with E-state index in [0.717, 1.165) is 36.9 Å². The van der Waals surface area contributed by atoms with Crippen molar-refractivity contribution in [2.45, 2.75) is 43.7 Å². The number of carbonyl (C=O) groups excluding carboxylic acids is 2. The smallest absolute Gasteiger partial charge is 0.308 e. The standard InChI is InChI=1S/C27H34N2O6/c1-5-17-16-29-9-7-18(17)10-20(29)11-19-6-8-28-23-13-22(24(33-2)12-21(19)23)27(32,14-25(30)34-3)15-26(31)35-4/h5-6,8,12-13,17-18,20,32H,1,7,9-11,14-16H2,2-4H3/t17-,18-,20-/m0/s1. The van der Waals surface area contributed by atoms with E-state index >= 15 is 0 Å². The van der Waals surface area contributed by atoms with Gasteiger partial charge in [0.15, 0.2) is 0 Å². The maximum atomic E-state index is 12.1. The summed E-state index contributed by atoms with van der Waals surface area (Å²) in [6, 6.07) is 6.03. The molecule has 1 N–H and O–H groups in total. The van der Waals surface area contributed by atoms with Gasteiger partial charge in [0.1, 0.15) is 11.4 Å². The van der Waals surface area contributed by atoms with Gasteiger partial charge in [-0.25, -0.2) is 0 Å². The van der Waals surface area contributed by atoms with Gasteiger partial charge in [0.25, 0.3) is 0 Å². The molecule has 3 aliphatic rings. The van der Waals surface area contributed by atoms with Crippen molar-refractivity contribution in [1.29, 1.82) is 0 Å². The number of benzene rings is 1. The van der Waals surface area contributed by atoms with Crippen LogP contribution in [0.3, 0.4) is 0 Å². The van der Waals surface area contributed by atoms with Crippen molar-refractivity contribution in [2.24, 2.45) is 11.8 Å². The molecular weight excluding hydrogens is 448 g/mol. The van der Waals surface area contributed by atoms with Gasteiger partial charge in [-0.2, -0.15) is 0 Å². The van der Waals surface area contributed by atoms with Crippen LogP contribution in [0.4, 0.5) is 0 Å². The molecule has 3 fully saturated rings. The molecule has 0 aliphatic carbocycles. The lowest BCUT2D eigenvalue weighted by atomic mass is 9.74. The number of pyridine rings is 1. The second-order valence-electron chi connectivity index (χ2n) is 9.61. The first-order valence-corrected chi connectivity index (χ1v) is 12.0. The third-order valence-corrected chi connectivity index (χ3v) is 7.67. The maximum absolute atomic E-state index is 12.1. The Morgan fingerprint density at radius 1 is 1.23 bits per heavy atom. The van der Waals surface area contributed by atoms with Crippen molar-refractivity contribution < 1.29 is 28.9 Å². The molecule has 4 heterocycles. The Balaban J connectivity index is 1.71. The lowest BCUT2D eigenvalue weighted by Gasteiger charge is -2.49.